The molecule has 1 aliphatic carbocycles. The number of H-pyrrole nitrogens is 1. The van der Waals surface area contributed by atoms with E-state index in [0.717, 1.165) is 42.0 Å². The molecule has 9 heteroatoms. The van der Waals surface area contributed by atoms with Crippen LogP contribution in [-0.4, -0.2) is 61.1 Å². The molecule has 2 aromatic rings. The average Bonchev–Trinajstić information content (AvgIpc) is 3.46. The molecule has 1 aliphatic heterocycles. The minimum Gasteiger partial charge on any atom is -0.356 e. The second-order valence-corrected chi connectivity index (χ2v) is 10.3. The van der Waals surface area contributed by atoms with Gasteiger partial charge in [-0.1, -0.05) is 24.3 Å². The lowest BCUT2D eigenvalue weighted by Gasteiger charge is -2.27. The predicted molar refractivity (Wildman–Crippen MR) is 116 cm³/mol. The first-order valence-electron chi connectivity index (χ1n) is 10.7. The molecule has 8 nitrogen and oxygen atoms in total. The molecule has 0 saturated carbocycles. The van der Waals surface area contributed by atoms with Crippen LogP contribution in [0.15, 0.2) is 41.4 Å². The van der Waals surface area contributed by atoms with Gasteiger partial charge < -0.3 is 15.2 Å². The van der Waals surface area contributed by atoms with Crippen LogP contribution in [-0.2, 0) is 21.2 Å². The van der Waals surface area contributed by atoms with E-state index >= 15 is 0 Å². The molecule has 166 valence electrons. The summed E-state index contributed by atoms with van der Waals surface area (Å²) in [5.41, 5.74) is 2.57. The second-order valence-electron chi connectivity index (χ2n) is 8.22. The predicted octanol–water partition coefficient (Wildman–Crippen LogP) is 2.06. The van der Waals surface area contributed by atoms with Crippen LogP contribution in [0.5, 0.6) is 0 Å². The van der Waals surface area contributed by atoms with Crippen LogP contribution in [0, 0.1) is 0 Å². The van der Waals surface area contributed by atoms with E-state index < -0.39 is 10.0 Å². The van der Waals surface area contributed by atoms with Crippen molar-refractivity contribution in [3.63, 3.8) is 0 Å². The van der Waals surface area contributed by atoms with E-state index in [1.54, 1.807) is 4.90 Å². The summed E-state index contributed by atoms with van der Waals surface area (Å²) < 4.78 is 26.9. The van der Waals surface area contributed by atoms with Crippen LogP contribution in [0.3, 0.4) is 0 Å². The number of amides is 2. The van der Waals surface area contributed by atoms with Crippen molar-refractivity contribution in [2.75, 3.05) is 26.7 Å². The molecule has 2 N–H and O–H groups in total. The minimum atomic E-state index is -3.90. The first-order chi connectivity index (χ1) is 14.9. The maximum absolute atomic E-state index is 12.9. The quantitative estimate of drug-likeness (QED) is 0.712. The molecule has 2 aliphatic rings. The largest absolute Gasteiger partial charge is 0.356 e. The fourth-order valence-electron chi connectivity index (χ4n) is 4.35. The van der Waals surface area contributed by atoms with E-state index in [2.05, 4.69) is 16.4 Å². The number of sulfonamides is 1. The average molecular weight is 445 g/mol. The first kappa shape index (κ1) is 21.6. The number of fused-ring (bicyclic) bond motifs is 1. The van der Waals surface area contributed by atoms with Gasteiger partial charge in [0.15, 0.2) is 0 Å². The Kier molecular flexibility index (Phi) is 6.15. The number of nitrogens with zero attached hydrogens (tertiary/aromatic N) is 2. The van der Waals surface area contributed by atoms with E-state index in [1.165, 1.54) is 24.9 Å². The van der Waals surface area contributed by atoms with Crippen molar-refractivity contribution in [2.45, 2.75) is 43.0 Å². The lowest BCUT2D eigenvalue weighted by Crippen LogP contribution is -2.40. The highest BCUT2D eigenvalue weighted by molar-refractivity contribution is 7.89. The maximum atomic E-state index is 12.9. The molecular formula is C22H28N4O4S. The van der Waals surface area contributed by atoms with Crippen molar-refractivity contribution in [3.05, 3.63) is 53.3 Å². The molecule has 0 radical (unpaired) electrons. The zero-order valence-electron chi connectivity index (χ0n) is 17.6. The topological polar surface area (TPSA) is 103 Å². The van der Waals surface area contributed by atoms with Crippen LogP contribution in [0.1, 0.15) is 53.3 Å². The summed E-state index contributed by atoms with van der Waals surface area (Å²) in [6, 6.07) is 9.26. The number of hydrogen-bond donors (Lipinski definition) is 2. The Hall–Kier alpha value is -2.65. The zero-order valence-corrected chi connectivity index (χ0v) is 18.5. The van der Waals surface area contributed by atoms with E-state index in [0.29, 0.717) is 13.1 Å². The Bertz CT molecular complexity index is 1070. The standard InChI is InChI=1S/C22H28N4O4S/c1-25(15-21(27)24-19-10-6-8-16-7-2-3-9-18(16)19)31(29,30)17-13-20(23-14-17)22(28)26-11-4-5-12-26/h2-3,7,9,13-14,19,23H,4-6,8,10-12,15H2,1H3,(H,24,27)/t19-/m1/s1. The summed E-state index contributed by atoms with van der Waals surface area (Å²) in [7, 11) is -2.53. The number of hydrogen-bond acceptors (Lipinski definition) is 4. The van der Waals surface area contributed by atoms with Gasteiger partial charge in [0, 0.05) is 26.3 Å². The Morgan fingerprint density at radius 3 is 2.71 bits per heavy atom. The molecule has 0 bridgehead atoms. The fraction of sp³-hybridized carbons (Fsp3) is 0.455. The number of likely N-dealkylation sites (tertiary alicyclic amines) is 1. The summed E-state index contributed by atoms with van der Waals surface area (Å²) in [5.74, 6) is -0.549. The Labute approximate surface area is 182 Å². The van der Waals surface area contributed by atoms with Crippen molar-refractivity contribution in [2.24, 2.45) is 0 Å². The number of carbonyl (C=O) groups is 2. The highest BCUT2D eigenvalue weighted by atomic mass is 32.2. The smallest absolute Gasteiger partial charge is 0.270 e. The van der Waals surface area contributed by atoms with Gasteiger partial charge in [-0.05, 0) is 49.3 Å². The molecule has 2 heterocycles. The fourth-order valence-corrected chi connectivity index (χ4v) is 5.47. The number of aryl methyl sites for hydroxylation is 1. The molecule has 4 rings (SSSR count). The third-order valence-electron chi connectivity index (χ3n) is 6.06. The van der Waals surface area contributed by atoms with Crippen molar-refractivity contribution in [1.29, 1.82) is 0 Å². The van der Waals surface area contributed by atoms with Crippen LogP contribution in [0.2, 0.25) is 0 Å². The van der Waals surface area contributed by atoms with Gasteiger partial charge in [0.05, 0.1) is 12.6 Å². The molecule has 1 aromatic heterocycles. The number of carbonyl (C=O) groups excluding carboxylic acids is 2. The SMILES string of the molecule is CN(CC(=O)N[C@@H]1CCCc2ccccc21)S(=O)(=O)c1c[nH]c(C(=O)N2CCCC2)c1. The summed E-state index contributed by atoms with van der Waals surface area (Å²) in [5, 5.41) is 2.98. The molecule has 1 atom stereocenters. The molecule has 0 spiro atoms. The summed E-state index contributed by atoms with van der Waals surface area (Å²) in [4.78, 5) is 29.6. The van der Waals surface area contributed by atoms with Gasteiger partial charge in [0.1, 0.15) is 10.6 Å². The van der Waals surface area contributed by atoms with Crippen molar-refractivity contribution >= 4 is 21.8 Å². The lowest BCUT2D eigenvalue weighted by molar-refractivity contribution is -0.122. The second kappa shape index (κ2) is 8.84. The highest BCUT2D eigenvalue weighted by Gasteiger charge is 2.28. The Morgan fingerprint density at radius 2 is 1.94 bits per heavy atom. The summed E-state index contributed by atoms with van der Waals surface area (Å²) >= 11 is 0. The van der Waals surface area contributed by atoms with Crippen LogP contribution >= 0.6 is 0 Å². The number of aromatic nitrogens is 1. The zero-order chi connectivity index (χ0) is 22.0. The molecule has 2 amide bonds. The molecule has 1 saturated heterocycles. The summed E-state index contributed by atoms with van der Waals surface area (Å²) in [6.07, 6.45) is 6.03. The van der Waals surface area contributed by atoms with Gasteiger partial charge in [-0.3, -0.25) is 9.59 Å². The van der Waals surface area contributed by atoms with Crippen LogP contribution < -0.4 is 5.32 Å². The van der Waals surface area contributed by atoms with Crippen LogP contribution in [0.25, 0.3) is 0 Å². The lowest BCUT2D eigenvalue weighted by atomic mass is 9.88. The number of aromatic amines is 1. The van der Waals surface area contributed by atoms with E-state index in [-0.39, 0.29) is 35.0 Å². The van der Waals surface area contributed by atoms with E-state index in [4.69, 9.17) is 0 Å². The van der Waals surface area contributed by atoms with Crippen molar-refractivity contribution < 1.29 is 18.0 Å². The highest BCUT2D eigenvalue weighted by Crippen LogP contribution is 2.29. The molecule has 1 fully saturated rings. The third kappa shape index (κ3) is 4.52. The number of rotatable bonds is 6. The Balaban J connectivity index is 1.40. The number of nitrogens with one attached hydrogen (secondary N) is 2. The number of likely N-dealkylation sites (N-methyl/N-ethyl adjacent to an activating group) is 1. The van der Waals surface area contributed by atoms with Gasteiger partial charge >= 0.3 is 0 Å². The first-order valence-corrected chi connectivity index (χ1v) is 12.1. The van der Waals surface area contributed by atoms with Gasteiger partial charge in [-0.25, -0.2) is 8.42 Å². The van der Waals surface area contributed by atoms with Gasteiger partial charge in [0.2, 0.25) is 15.9 Å². The minimum absolute atomic E-state index is 0.0200. The maximum Gasteiger partial charge on any atom is 0.270 e. The molecular weight excluding hydrogens is 416 g/mol. The summed E-state index contributed by atoms with van der Waals surface area (Å²) in [6.45, 7) is 1.08. The normalized spacial score (nSPS) is 18.8. The van der Waals surface area contributed by atoms with E-state index in [9.17, 15) is 18.0 Å². The number of benzene rings is 1. The molecule has 31 heavy (non-hydrogen) atoms. The van der Waals surface area contributed by atoms with Crippen molar-refractivity contribution in [3.8, 4) is 0 Å². The van der Waals surface area contributed by atoms with E-state index in [1.807, 2.05) is 18.2 Å². The molecule has 0 unspecified atom stereocenters. The van der Waals surface area contributed by atoms with Gasteiger partial charge in [-0.15, -0.1) is 0 Å². The Morgan fingerprint density at radius 1 is 1.19 bits per heavy atom. The van der Waals surface area contributed by atoms with Gasteiger partial charge in [0.25, 0.3) is 5.91 Å². The third-order valence-corrected chi connectivity index (χ3v) is 7.84. The molecule has 1 aromatic carbocycles. The van der Waals surface area contributed by atoms with Crippen LogP contribution in [0.4, 0.5) is 0 Å². The monoisotopic (exact) mass is 444 g/mol. The van der Waals surface area contributed by atoms with Gasteiger partial charge in [-0.2, -0.15) is 4.31 Å². The van der Waals surface area contributed by atoms with Crippen molar-refractivity contribution in [1.82, 2.24) is 19.5 Å².